The van der Waals surface area contributed by atoms with Crippen LogP contribution in [-0.2, 0) is 17.9 Å². The second-order valence-electron chi connectivity index (χ2n) is 9.73. The van der Waals surface area contributed by atoms with E-state index in [-0.39, 0.29) is 17.9 Å². The van der Waals surface area contributed by atoms with Gasteiger partial charge in [0.1, 0.15) is 22.7 Å². The Morgan fingerprint density at radius 3 is 2.69 bits per heavy atom. The Bertz CT molecular complexity index is 1200. The Kier molecular flexibility index (Phi) is 6.65. The Morgan fingerprint density at radius 2 is 1.97 bits per heavy atom. The van der Waals surface area contributed by atoms with Gasteiger partial charge in [0, 0.05) is 12.6 Å². The molecule has 1 atom stereocenters. The van der Waals surface area contributed by atoms with Crippen molar-refractivity contribution in [2.75, 3.05) is 7.11 Å². The van der Waals surface area contributed by atoms with E-state index in [0.717, 1.165) is 47.6 Å². The standard InChI is InChI=1S/C27H32N4O3S/c1-27(26(33)28-20-10-5-3-4-6-11-20)18-31-23(16-22(29-31)24-13-8-14-35-24)25(32)30(27)17-19-9-7-12-21(15-19)34-2/h7-9,12-16,20H,3-6,10-11,17-18H2,1-2H3,(H,28,33)/t27-/m0/s1. The lowest BCUT2D eigenvalue weighted by Gasteiger charge is -2.44. The van der Waals surface area contributed by atoms with Crippen LogP contribution in [0.3, 0.4) is 0 Å². The molecule has 1 aliphatic heterocycles. The third-order valence-electron chi connectivity index (χ3n) is 7.23. The molecule has 0 unspecified atom stereocenters. The first-order valence-electron chi connectivity index (χ1n) is 12.4. The fraction of sp³-hybridized carbons (Fsp3) is 0.444. The number of thiophene rings is 1. The van der Waals surface area contributed by atoms with Gasteiger partial charge in [0.05, 0.1) is 18.5 Å². The van der Waals surface area contributed by atoms with Crippen molar-refractivity contribution < 1.29 is 14.3 Å². The van der Waals surface area contributed by atoms with E-state index < -0.39 is 5.54 Å². The second kappa shape index (κ2) is 9.85. The number of rotatable bonds is 6. The minimum atomic E-state index is -1.07. The normalized spacial score (nSPS) is 20.9. The van der Waals surface area contributed by atoms with Crippen LogP contribution in [0.25, 0.3) is 10.6 Å². The van der Waals surface area contributed by atoms with E-state index in [9.17, 15) is 9.59 Å². The van der Waals surface area contributed by atoms with Crippen LogP contribution in [0.2, 0.25) is 0 Å². The molecule has 2 aromatic heterocycles. The summed E-state index contributed by atoms with van der Waals surface area (Å²) in [4.78, 5) is 30.4. The summed E-state index contributed by atoms with van der Waals surface area (Å²) >= 11 is 1.59. The van der Waals surface area contributed by atoms with Gasteiger partial charge < -0.3 is 15.0 Å². The molecule has 1 saturated carbocycles. The number of ether oxygens (including phenoxy) is 1. The fourth-order valence-electron chi connectivity index (χ4n) is 5.15. The molecule has 1 fully saturated rings. The lowest BCUT2D eigenvalue weighted by Crippen LogP contribution is -2.64. The molecule has 1 aliphatic carbocycles. The molecule has 35 heavy (non-hydrogen) atoms. The van der Waals surface area contributed by atoms with Crippen molar-refractivity contribution in [1.29, 1.82) is 0 Å². The summed E-state index contributed by atoms with van der Waals surface area (Å²) < 4.78 is 7.10. The predicted octanol–water partition coefficient (Wildman–Crippen LogP) is 4.87. The first-order valence-corrected chi connectivity index (χ1v) is 13.2. The van der Waals surface area contributed by atoms with Crippen LogP contribution in [0.4, 0.5) is 0 Å². The van der Waals surface area contributed by atoms with E-state index >= 15 is 0 Å². The van der Waals surface area contributed by atoms with Gasteiger partial charge in [-0.1, -0.05) is 43.9 Å². The fourth-order valence-corrected chi connectivity index (χ4v) is 5.83. The quantitative estimate of drug-likeness (QED) is 0.498. The number of fused-ring (bicyclic) bond motifs is 1. The van der Waals surface area contributed by atoms with Crippen LogP contribution in [-0.4, -0.2) is 45.2 Å². The van der Waals surface area contributed by atoms with Gasteiger partial charge in [-0.05, 0) is 55.0 Å². The molecule has 0 radical (unpaired) electrons. The van der Waals surface area contributed by atoms with Crippen molar-refractivity contribution in [3.05, 3.63) is 59.1 Å². The van der Waals surface area contributed by atoms with E-state index in [1.807, 2.05) is 54.8 Å². The first-order chi connectivity index (χ1) is 17.0. The molecule has 1 N–H and O–H groups in total. The highest BCUT2D eigenvalue weighted by atomic mass is 32.1. The second-order valence-corrected chi connectivity index (χ2v) is 10.7. The van der Waals surface area contributed by atoms with Crippen LogP contribution in [0, 0.1) is 0 Å². The van der Waals surface area contributed by atoms with Crippen molar-refractivity contribution in [3.8, 4) is 16.3 Å². The Morgan fingerprint density at radius 1 is 1.17 bits per heavy atom. The van der Waals surface area contributed by atoms with Crippen molar-refractivity contribution in [2.24, 2.45) is 0 Å². The summed E-state index contributed by atoms with van der Waals surface area (Å²) in [7, 11) is 1.63. The minimum Gasteiger partial charge on any atom is -0.497 e. The van der Waals surface area contributed by atoms with Crippen molar-refractivity contribution in [2.45, 2.75) is 70.1 Å². The summed E-state index contributed by atoms with van der Waals surface area (Å²) in [6.45, 7) is 2.48. The Hall–Kier alpha value is -3.13. The zero-order valence-electron chi connectivity index (χ0n) is 20.3. The van der Waals surface area contributed by atoms with Gasteiger partial charge in [0.15, 0.2) is 0 Å². The molecule has 3 aromatic rings. The molecule has 3 heterocycles. The van der Waals surface area contributed by atoms with E-state index in [1.165, 1.54) is 12.8 Å². The summed E-state index contributed by atoms with van der Waals surface area (Å²) in [5.41, 5.74) is 1.12. The van der Waals surface area contributed by atoms with E-state index in [4.69, 9.17) is 9.84 Å². The number of benzene rings is 1. The third kappa shape index (κ3) is 4.72. The van der Waals surface area contributed by atoms with Crippen LogP contribution >= 0.6 is 11.3 Å². The van der Waals surface area contributed by atoms with Gasteiger partial charge in [-0.2, -0.15) is 5.10 Å². The predicted molar refractivity (Wildman–Crippen MR) is 136 cm³/mol. The number of hydrogen-bond acceptors (Lipinski definition) is 5. The van der Waals surface area contributed by atoms with Crippen molar-refractivity contribution in [3.63, 3.8) is 0 Å². The van der Waals surface area contributed by atoms with E-state index in [0.29, 0.717) is 18.8 Å². The number of nitrogens with one attached hydrogen (secondary N) is 1. The SMILES string of the molecule is COc1cccc(CN2C(=O)c3cc(-c4cccs4)nn3C[C@@]2(C)C(=O)NC2CCCCCC2)c1. The molecule has 8 heteroatoms. The zero-order chi connectivity index (χ0) is 24.4. The number of amides is 2. The van der Waals surface area contributed by atoms with Gasteiger partial charge in [-0.3, -0.25) is 14.3 Å². The highest BCUT2D eigenvalue weighted by Crippen LogP contribution is 2.33. The zero-order valence-corrected chi connectivity index (χ0v) is 21.1. The summed E-state index contributed by atoms with van der Waals surface area (Å²) in [5, 5.41) is 10.0. The lowest BCUT2D eigenvalue weighted by atomic mass is 9.93. The maximum Gasteiger partial charge on any atom is 0.273 e. The van der Waals surface area contributed by atoms with Crippen molar-refractivity contribution >= 4 is 23.2 Å². The average molecular weight is 493 g/mol. The monoisotopic (exact) mass is 492 g/mol. The van der Waals surface area contributed by atoms with Crippen LogP contribution in [0.5, 0.6) is 5.75 Å². The molecular formula is C27H32N4O3S. The number of hydrogen-bond donors (Lipinski definition) is 1. The number of carbonyl (C=O) groups is 2. The van der Waals surface area contributed by atoms with Crippen LogP contribution in [0.1, 0.15) is 61.5 Å². The Balaban J connectivity index is 1.49. The van der Waals surface area contributed by atoms with Gasteiger partial charge in [0.2, 0.25) is 5.91 Å². The molecule has 7 nitrogen and oxygen atoms in total. The summed E-state index contributed by atoms with van der Waals surface area (Å²) in [6.07, 6.45) is 6.66. The number of methoxy groups -OCH3 is 1. The van der Waals surface area contributed by atoms with Gasteiger partial charge in [-0.25, -0.2) is 0 Å². The van der Waals surface area contributed by atoms with Gasteiger partial charge in [-0.15, -0.1) is 11.3 Å². The van der Waals surface area contributed by atoms with Gasteiger partial charge >= 0.3 is 0 Å². The maximum absolute atomic E-state index is 13.9. The van der Waals surface area contributed by atoms with Crippen molar-refractivity contribution in [1.82, 2.24) is 20.0 Å². The first kappa shape index (κ1) is 23.6. The lowest BCUT2D eigenvalue weighted by molar-refractivity contribution is -0.134. The smallest absolute Gasteiger partial charge is 0.273 e. The van der Waals surface area contributed by atoms with Crippen LogP contribution < -0.4 is 10.1 Å². The third-order valence-corrected chi connectivity index (χ3v) is 8.12. The molecular weight excluding hydrogens is 460 g/mol. The van der Waals surface area contributed by atoms with E-state index in [1.54, 1.807) is 28.0 Å². The maximum atomic E-state index is 13.9. The van der Waals surface area contributed by atoms with Gasteiger partial charge in [0.25, 0.3) is 5.91 Å². The highest BCUT2D eigenvalue weighted by Gasteiger charge is 2.48. The molecule has 184 valence electrons. The molecule has 2 amide bonds. The summed E-state index contributed by atoms with van der Waals surface area (Å²) in [5.74, 6) is 0.425. The topological polar surface area (TPSA) is 76.5 Å². The summed E-state index contributed by atoms with van der Waals surface area (Å²) in [6, 6.07) is 13.6. The molecule has 0 spiro atoms. The molecule has 2 aliphatic rings. The molecule has 5 rings (SSSR count). The number of carbonyl (C=O) groups excluding carboxylic acids is 2. The highest BCUT2D eigenvalue weighted by molar-refractivity contribution is 7.13. The van der Waals surface area contributed by atoms with E-state index in [2.05, 4.69) is 5.32 Å². The number of aromatic nitrogens is 2. The Labute approximate surface area is 210 Å². The number of nitrogens with zero attached hydrogens (tertiary/aromatic N) is 3. The largest absolute Gasteiger partial charge is 0.497 e. The minimum absolute atomic E-state index is 0.112. The average Bonchev–Trinajstić information content (AvgIpc) is 3.47. The molecule has 0 bridgehead atoms. The van der Waals surface area contributed by atoms with Crippen LogP contribution in [0.15, 0.2) is 47.8 Å². The molecule has 1 aromatic carbocycles. The molecule has 0 saturated heterocycles.